The van der Waals surface area contributed by atoms with E-state index in [1.165, 1.54) is 0 Å². The smallest absolute Gasteiger partial charge is 0.124 e. The van der Waals surface area contributed by atoms with E-state index in [4.69, 9.17) is 2.74 Å². The minimum absolute atomic E-state index is 0.505. The molecule has 0 amide bonds. The van der Waals surface area contributed by atoms with Gasteiger partial charge in [0, 0.05) is 0 Å². The van der Waals surface area contributed by atoms with E-state index in [0.29, 0.717) is 11.4 Å². The first kappa shape index (κ1) is 4.14. The average molecular weight is 129 g/mol. The Kier molecular flexibility index (Phi) is 1.12. The Hall–Kier alpha value is -1.73. The first-order valence-electron chi connectivity index (χ1n) is 3.69. The lowest BCUT2D eigenvalue weighted by atomic mass is 10.3. The molecule has 0 aliphatic heterocycles. The molecule has 0 N–H and O–H groups in total. The SMILES string of the molecule is [2H]C#Cc1cccc(C#C[2H])n1. The summed E-state index contributed by atoms with van der Waals surface area (Å²) in [5.41, 5.74) is 1.01. The van der Waals surface area contributed by atoms with E-state index in [1.54, 1.807) is 18.2 Å². The molecule has 1 rings (SSSR count). The van der Waals surface area contributed by atoms with Gasteiger partial charge >= 0.3 is 0 Å². The highest BCUT2D eigenvalue weighted by Gasteiger charge is 1.88. The molecular weight excluding hydrogens is 122 g/mol. The first-order valence-corrected chi connectivity index (χ1v) is 2.69. The molecule has 0 saturated heterocycles. The van der Waals surface area contributed by atoms with E-state index in [0.717, 1.165) is 0 Å². The molecule has 1 aromatic rings. The topological polar surface area (TPSA) is 12.9 Å². The van der Waals surface area contributed by atoms with Gasteiger partial charge in [-0.2, -0.15) is 0 Å². The quantitative estimate of drug-likeness (QED) is 0.477. The van der Waals surface area contributed by atoms with Crippen molar-refractivity contribution in [2.75, 3.05) is 0 Å². The van der Waals surface area contributed by atoms with Gasteiger partial charge in [-0.15, -0.1) is 12.8 Å². The predicted octanol–water partition coefficient (Wildman–Crippen LogP) is 1.04. The summed E-state index contributed by atoms with van der Waals surface area (Å²) >= 11 is 0. The zero-order chi connectivity index (χ0) is 8.81. The number of terminal acetylenes is 2. The van der Waals surface area contributed by atoms with Crippen molar-refractivity contribution in [3.8, 4) is 24.6 Å². The minimum Gasteiger partial charge on any atom is -0.231 e. The Bertz CT molecular complexity index is 355. The van der Waals surface area contributed by atoms with Gasteiger partial charge in [0.1, 0.15) is 14.1 Å². The fraction of sp³-hybridized carbons (Fsp3) is 0. The molecule has 0 aliphatic rings. The zero-order valence-electron chi connectivity index (χ0n) is 7.18. The molecule has 0 fully saturated rings. The summed E-state index contributed by atoms with van der Waals surface area (Å²) in [4.78, 5) is 3.96. The molecule has 0 unspecified atom stereocenters. The molecule has 0 atom stereocenters. The molecular formula is C9H5N. The molecule has 1 aromatic heterocycles. The van der Waals surface area contributed by atoms with Gasteiger partial charge in [0.15, 0.2) is 0 Å². The van der Waals surface area contributed by atoms with Crippen LogP contribution in [0.1, 0.15) is 14.1 Å². The van der Waals surface area contributed by atoms with Gasteiger partial charge < -0.3 is 0 Å². The Morgan fingerprint density at radius 3 is 2.40 bits per heavy atom. The van der Waals surface area contributed by atoms with Crippen molar-refractivity contribution in [1.29, 1.82) is 0 Å². The lowest BCUT2D eigenvalue weighted by molar-refractivity contribution is 1.25. The first-order chi connectivity index (χ1) is 5.86. The molecule has 0 aliphatic carbocycles. The Balaban J connectivity index is 3.06. The molecule has 0 radical (unpaired) electrons. The number of aromatic nitrogens is 1. The van der Waals surface area contributed by atoms with Crippen molar-refractivity contribution in [3.63, 3.8) is 0 Å². The molecule has 0 bridgehead atoms. The molecule has 1 nitrogen and oxygen atoms in total. The van der Waals surface area contributed by atoms with Crippen molar-refractivity contribution in [2.24, 2.45) is 0 Å². The lowest BCUT2D eigenvalue weighted by Crippen LogP contribution is -1.84. The maximum absolute atomic E-state index is 6.64. The Morgan fingerprint density at radius 1 is 1.30 bits per heavy atom. The number of pyridine rings is 1. The van der Waals surface area contributed by atoms with Crippen molar-refractivity contribution < 1.29 is 2.74 Å². The third-order valence-electron chi connectivity index (χ3n) is 1.01. The van der Waals surface area contributed by atoms with Crippen LogP contribution in [-0.2, 0) is 0 Å². The summed E-state index contributed by atoms with van der Waals surface area (Å²) in [7, 11) is 0. The molecule has 0 saturated carbocycles. The summed E-state index contributed by atoms with van der Waals surface area (Å²) in [5.74, 6) is 4.97. The third-order valence-corrected chi connectivity index (χ3v) is 1.01. The normalized spacial score (nSPS) is 9.20. The molecule has 1 heteroatoms. The number of nitrogens with zero attached hydrogens (tertiary/aromatic N) is 1. The Labute approximate surface area is 62.9 Å². The van der Waals surface area contributed by atoms with Crippen LogP contribution in [0.15, 0.2) is 18.2 Å². The van der Waals surface area contributed by atoms with Crippen LogP contribution in [-0.4, -0.2) is 4.98 Å². The van der Waals surface area contributed by atoms with Crippen LogP contribution in [0.2, 0.25) is 0 Å². The largest absolute Gasteiger partial charge is 0.231 e. The van der Waals surface area contributed by atoms with Crippen molar-refractivity contribution in [1.82, 2.24) is 4.98 Å². The van der Waals surface area contributed by atoms with Gasteiger partial charge in [-0.1, -0.05) is 17.9 Å². The van der Waals surface area contributed by atoms with Crippen molar-refractivity contribution >= 4 is 0 Å². The van der Waals surface area contributed by atoms with Crippen LogP contribution in [0.5, 0.6) is 0 Å². The monoisotopic (exact) mass is 129 g/mol. The predicted molar refractivity (Wildman–Crippen MR) is 40.1 cm³/mol. The van der Waals surface area contributed by atoms with E-state index in [9.17, 15) is 0 Å². The fourth-order valence-electron chi connectivity index (χ4n) is 0.574. The summed E-state index contributed by atoms with van der Waals surface area (Å²) in [5, 5.41) is 0. The van der Waals surface area contributed by atoms with Crippen molar-refractivity contribution in [3.05, 3.63) is 29.6 Å². The van der Waals surface area contributed by atoms with E-state index < -0.39 is 0 Å². The van der Waals surface area contributed by atoms with Crippen LogP contribution in [0.25, 0.3) is 0 Å². The highest BCUT2D eigenvalue weighted by molar-refractivity contribution is 5.31. The second-order valence-electron chi connectivity index (χ2n) is 1.66. The maximum Gasteiger partial charge on any atom is 0.124 e. The van der Waals surface area contributed by atoms with Crippen LogP contribution in [0.4, 0.5) is 0 Å². The number of rotatable bonds is 0. The second kappa shape index (κ2) is 2.71. The van der Waals surface area contributed by atoms with Gasteiger partial charge in [-0.25, -0.2) is 4.98 Å². The van der Waals surface area contributed by atoms with Gasteiger partial charge in [0.2, 0.25) is 0 Å². The standard InChI is InChI=1S/C9H5N/c1-3-8-6-5-7-9(4-2)10-8/h1-2,5-7H/i1D,2D. The molecule has 0 spiro atoms. The number of hydrogen-bond acceptors (Lipinski definition) is 1. The summed E-state index contributed by atoms with van der Waals surface area (Å²) < 4.78 is 13.3. The van der Waals surface area contributed by atoms with Gasteiger partial charge in [0.25, 0.3) is 0 Å². The Morgan fingerprint density at radius 2 is 1.90 bits per heavy atom. The second-order valence-corrected chi connectivity index (χ2v) is 1.66. The highest BCUT2D eigenvalue weighted by atomic mass is 14.7. The van der Waals surface area contributed by atoms with Crippen LogP contribution < -0.4 is 0 Å². The lowest BCUT2D eigenvalue weighted by Gasteiger charge is -1.89. The summed E-state index contributed by atoms with van der Waals surface area (Å²) in [6.45, 7) is 0. The molecule has 10 heavy (non-hydrogen) atoms. The minimum atomic E-state index is 0.505. The van der Waals surface area contributed by atoms with Crippen LogP contribution in [0, 0.1) is 24.6 Å². The fourth-order valence-corrected chi connectivity index (χ4v) is 0.574. The average Bonchev–Trinajstić information content (AvgIpc) is 2.06. The third kappa shape index (κ3) is 1.16. The van der Waals surface area contributed by atoms with E-state index in [1.807, 2.05) is 12.8 Å². The van der Waals surface area contributed by atoms with Gasteiger partial charge in [-0.05, 0) is 12.1 Å². The maximum atomic E-state index is 6.64. The van der Waals surface area contributed by atoms with E-state index in [-0.39, 0.29) is 0 Å². The summed E-state index contributed by atoms with van der Waals surface area (Å²) in [6.07, 6.45) is 3.99. The molecule has 46 valence electrons. The zero-order valence-corrected chi connectivity index (χ0v) is 5.18. The highest BCUT2D eigenvalue weighted by Crippen LogP contribution is 1.94. The van der Waals surface area contributed by atoms with Crippen LogP contribution in [0.3, 0.4) is 0 Å². The van der Waals surface area contributed by atoms with E-state index >= 15 is 0 Å². The van der Waals surface area contributed by atoms with Gasteiger partial charge in [-0.3, -0.25) is 0 Å². The van der Waals surface area contributed by atoms with Crippen molar-refractivity contribution in [2.45, 2.75) is 0 Å². The molecule has 0 aromatic carbocycles. The van der Waals surface area contributed by atoms with Crippen LogP contribution >= 0.6 is 0 Å². The summed E-state index contributed by atoms with van der Waals surface area (Å²) in [6, 6.07) is 5.12. The van der Waals surface area contributed by atoms with Gasteiger partial charge in [0.05, 0.1) is 0 Å². The number of hydrogen-bond donors (Lipinski definition) is 0. The molecule has 1 heterocycles. The van der Waals surface area contributed by atoms with E-state index in [2.05, 4.69) is 16.8 Å².